The van der Waals surface area contributed by atoms with Crippen molar-refractivity contribution >= 4 is 23.4 Å². The Balaban J connectivity index is 1.34. The van der Waals surface area contributed by atoms with Gasteiger partial charge in [0.15, 0.2) is 0 Å². The lowest BCUT2D eigenvalue weighted by atomic mass is 9.72. The summed E-state index contributed by atoms with van der Waals surface area (Å²) in [5.74, 6) is -1.75. The van der Waals surface area contributed by atoms with Crippen molar-refractivity contribution in [2.24, 2.45) is 17.8 Å². The van der Waals surface area contributed by atoms with Crippen molar-refractivity contribution in [3.8, 4) is 0 Å². The minimum Gasteiger partial charge on any atom is -0.391 e. The van der Waals surface area contributed by atoms with Crippen LogP contribution in [-0.2, 0) is 14.4 Å². The highest BCUT2D eigenvalue weighted by atomic mass is 16.5. The van der Waals surface area contributed by atoms with Crippen LogP contribution >= 0.6 is 0 Å². The van der Waals surface area contributed by atoms with Gasteiger partial charge in [0.25, 0.3) is 0 Å². The number of hydrogen-bond donors (Lipinski definition) is 3. The first-order valence-electron chi connectivity index (χ1n) is 11.9. The lowest BCUT2D eigenvalue weighted by Crippen LogP contribution is -2.53. The Hall–Kier alpha value is -2.65. The molecule has 3 amide bonds. The summed E-state index contributed by atoms with van der Waals surface area (Å²) in [5, 5.41) is 19.0. The number of aliphatic hydroxyl groups is 1. The van der Waals surface area contributed by atoms with Crippen molar-refractivity contribution < 1.29 is 24.7 Å². The number of carbonyl (C=O) groups is 3. The maximum atomic E-state index is 13.3. The molecule has 9 nitrogen and oxygen atoms in total. The van der Waals surface area contributed by atoms with Gasteiger partial charge in [-0.15, -0.1) is 0 Å². The number of nitrogens with zero attached hydrogens (tertiary/aromatic N) is 3. The molecule has 0 aromatic heterocycles. The molecule has 1 saturated carbocycles. The number of carbonyl (C=O) groups excluding carboxylic acids is 3. The minimum atomic E-state index is -0.648. The van der Waals surface area contributed by atoms with Crippen LogP contribution in [0.25, 0.3) is 0 Å². The van der Waals surface area contributed by atoms with E-state index in [0.29, 0.717) is 58.3 Å². The number of piperazine rings is 1. The summed E-state index contributed by atoms with van der Waals surface area (Å²) in [5.41, 5.74) is 2.88. The van der Waals surface area contributed by atoms with Gasteiger partial charge in [-0.1, -0.05) is 18.2 Å². The number of rotatable bonds is 5. The van der Waals surface area contributed by atoms with E-state index >= 15 is 0 Å². The Labute approximate surface area is 194 Å². The van der Waals surface area contributed by atoms with Gasteiger partial charge in [0.05, 0.1) is 12.0 Å². The lowest BCUT2D eigenvalue weighted by molar-refractivity contribution is -0.148. The van der Waals surface area contributed by atoms with Crippen LogP contribution < -0.4 is 10.4 Å². The SMILES string of the molecule is O=C(NO)[C@H]1CC(CC(=O)N2CC[C@@H](O)C2)CC[C@@H]1C(=O)N1CCN(c2ccccc2)CC1. The predicted molar refractivity (Wildman–Crippen MR) is 121 cm³/mol. The molecule has 4 atom stereocenters. The highest BCUT2D eigenvalue weighted by Crippen LogP contribution is 2.37. The second kappa shape index (κ2) is 10.5. The molecular weight excluding hydrogens is 424 g/mol. The number of anilines is 1. The molecule has 0 spiro atoms. The van der Waals surface area contributed by atoms with Crippen molar-refractivity contribution in [1.29, 1.82) is 0 Å². The van der Waals surface area contributed by atoms with Crippen molar-refractivity contribution in [2.45, 2.75) is 38.2 Å². The quantitative estimate of drug-likeness (QED) is 0.446. The fraction of sp³-hybridized carbons (Fsp3) is 0.625. The Bertz CT molecular complexity index is 843. The highest BCUT2D eigenvalue weighted by molar-refractivity contribution is 5.88. The Morgan fingerprint density at radius 2 is 1.64 bits per heavy atom. The third kappa shape index (κ3) is 5.47. The van der Waals surface area contributed by atoms with Gasteiger partial charge in [-0.25, -0.2) is 5.48 Å². The second-order valence-corrected chi connectivity index (χ2v) is 9.50. The summed E-state index contributed by atoms with van der Waals surface area (Å²) in [4.78, 5) is 44.2. The van der Waals surface area contributed by atoms with Gasteiger partial charge in [-0.3, -0.25) is 19.6 Å². The average molecular weight is 459 g/mol. The number of benzene rings is 1. The maximum Gasteiger partial charge on any atom is 0.247 e. The first-order valence-corrected chi connectivity index (χ1v) is 11.9. The topological polar surface area (TPSA) is 113 Å². The zero-order valence-electron chi connectivity index (χ0n) is 18.9. The Morgan fingerprint density at radius 3 is 2.27 bits per heavy atom. The van der Waals surface area contributed by atoms with Gasteiger partial charge in [-0.2, -0.15) is 0 Å². The first-order chi connectivity index (χ1) is 16.0. The third-order valence-corrected chi connectivity index (χ3v) is 7.42. The van der Waals surface area contributed by atoms with Gasteiger partial charge >= 0.3 is 0 Å². The van der Waals surface area contributed by atoms with Crippen molar-refractivity contribution in [3.05, 3.63) is 30.3 Å². The molecule has 1 unspecified atom stereocenters. The number of hydroxylamine groups is 1. The van der Waals surface area contributed by atoms with E-state index in [0.717, 1.165) is 18.8 Å². The molecule has 3 N–H and O–H groups in total. The van der Waals surface area contributed by atoms with Crippen LogP contribution in [-0.4, -0.2) is 83.2 Å². The molecule has 33 heavy (non-hydrogen) atoms. The van der Waals surface area contributed by atoms with E-state index in [1.807, 2.05) is 23.1 Å². The van der Waals surface area contributed by atoms with E-state index in [1.165, 1.54) is 0 Å². The molecule has 0 bridgehead atoms. The molecule has 180 valence electrons. The number of β-amino-alcohol motifs (C(OH)–C–C–N with tert-alkyl or cyclic N) is 1. The van der Waals surface area contributed by atoms with E-state index < -0.39 is 23.8 Å². The van der Waals surface area contributed by atoms with Crippen LogP contribution in [0.1, 0.15) is 32.1 Å². The van der Waals surface area contributed by atoms with Gasteiger partial charge in [0, 0.05) is 57.3 Å². The zero-order valence-corrected chi connectivity index (χ0v) is 18.9. The zero-order chi connectivity index (χ0) is 23.4. The summed E-state index contributed by atoms with van der Waals surface area (Å²) in [6.07, 6.45) is 2.05. The van der Waals surface area contributed by atoms with Crippen LogP contribution in [0.3, 0.4) is 0 Å². The molecule has 2 saturated heterocycles. The van der Waals surface area contributed by atoms with E-state index in [-0.39, 0.29) is 17.7 Å². The number of para-hydroxylation sites is 1. The monoisotopic (exact) mass is 458 g/mol. The number of likely N-dealkylation sites (tertiary alicyclic amines) is 1. The third-order valence-electron chi connectivity index (χ3n) is 7.42. The van der Waals surface area contributed by atoms with Crippen LogP contribution in [0.4, 0.5) is 5.69 Å². The molecule has 1 aliphatic carbocycles. The summed E-state index contributed by atoms with van der Waals surface area (Å²) in [6, 6.07) is 10.1. The lowest BCUT2D eigenvalue weighted by Gasteiger charge is -2.40. The highest BCUT2D eigenvalue weighted by Gasteiger charge is 2.42. The van der Waals surface area contributed by atoms with Gasteiger partial charge in [0.1, 0.15) is 0 Å². The van der Waals surface area contributed by atoms with E-state index in [9.17, 15) is 24.7 Å². The summed E-state index contributed by atoms with van der Waals surface area (Å²) in [6.45, 7) is 3.58. The Kier molecular flexibility index (Phi) is 7.49. The number of amides is 3. The van der Waals surface area contributed by atoms with Crippen LogP contribution in [0.2, 0.25) is 0 Å². The molecule has 2 heterocycles. The standard InChI is InChI=1S/C24H34N4O5/c29-19-8-9-28(16-19)22(30)15-17-6-7-20(21(14-17)23(31)25-33)24(32)27-12-10-26(11-13-27)18-4-2-1-3-5-18/h1-5,17,19-21,29,33H,6-16H2,(H,25,31)/t17?,19-,20+,21+/m1/s1. The Morgan fingerprint density at radius 1 is 0.909 bits per heavy atom. The predicted octanol–water partition coefficient (Wildman–Crippen LogP) is 0.856. The fourth-order valence-corrected chi connectivity index (χ4v) is 5.51. The molecule has 4 rings (SSSR count). The molecule has 0 radical (unpaired) electrons. The van der Waals surface area contributed by atoms with Crippen LogP contribution in [0.15, 0.2) is 30.3 Å². The van der Waals surface area contributed by atoms with E-state index in [1.54, 1.807) is 10.4 Å². The van der Waals surface area contributed by atoms with Crippen LogP contribution in [0.5, 0.6) is 0 Å². The summed E-state index contributed by atoms with van der Waals surface area (Å²) in [7, 11) is 0. The number of nitrogens with one attached hydrogen (secondary N) is 1. The fourth-order valence-electron chi connectivity index (χ4n) is 5.51. The van der Waals surface area contributed by atoms with Gasteiger partial charge < -0.3 is 19.8 Å². The average Bonchev–Trinajstić information content (AvgIpc) is 3.30. The number of hydrogen-bond acceptors (Lipinski definition) is 6. The summed E-state index contributed by atoms with van der Waals surface area (Å²) < 4.78 is 0. The molecule has 3 fully saturated rings. The smallest absolute Gasteiger partial charge is 0.247 e. The van der Waals surface area contributed by atoms with Crippen LogP contribution in [0, 0.1) is 17.8 Å². The molecule has 2 aliphatic heterocycles. The molecule has 1 aromatic rings. The largest absolute Gasteiger partial charge is 0.391 e. The maximum absolute atomic E-state index is 13.3. The van der Waals surface area contributed by atoms with Gasteiger partial charge in [-0.05, 0) is 43.7 Å². The second-order valence-electron chi connectivity index (χ2n) is 9.50. The number of aliphatic hydroxyl groups excluding tert-OH is 1. The van der Waals surface area contributed by atoms with E-state index in [2.05, 4.69) is 17.0 Å². The molecule has 1 aromatic carbocycles. The van der Waals surface area contributed by atoms with Crippen molar-refractivity contribution in [2.75, 3.05) is 44.2 Å². The summed E-state index contributed by atoms with van der Waals surface area (Å²) >= 11 is 0. The normalized spacial score (nSPS) is 28.0. The van der Waals surface area contributed by atoms with Gasteiger partial charge in [0.2, 0.25) is 17.7 Å². The minimum absolute atomic E-state index is 0.0125. The molecule has 9 heteroatoms. The first kappa shape index (κ1) is 23.5. The van der Waals surface area contributed by atoms with Crippen molar-refractivity contribution in [1.82, 2.24) is 15.3 Å². The molecule has 3 aliphatic rings. The van der Waals surface area contributed by atoms with Crippen molar-refractivity contribution in [3.63, 3.8) is 0 Å². The molecular formula is C24H34N4O5. The van der Waals surface area contributed by atoms with E-state index in [4.69, 9.17) is 0 Å².